The molecule has 1 aromatic rings. The van der Waals surface area contributed by atoms with E-state index in [-0.39, 0.29) is 17.0 Å². The number of hydrogen-bond acceptors (Lipinski definition) is 2. The van der Waals surface area contributed by atoms with Crippen molar-refractivity contribution in [2.45, 2.75) is 13.8 Å². The van der Waals surface area contributed by atoms with E-state index in [2.05, 4.69) is 18.8 Å². The Morgan fingerprint density at radius 1 is 1.47 bits per heavy atom. The molecule has 0 radical (unpaired) electrons. The van der Waals surface area contributed by atoms with Crippen molar-refractivity contribution in [2.75, 3.05) is 13.1 Å². The SMILES string of the molecule is CC1(C)CN(C(=O)c2cccc(F)n2)C1. The number of nitrogens with zero attached hydrogens (tertiary/aromatic N) is 2. The normalized spacial score (nSPS) is 18.5. The Morgan fingerprint density at radius 2 is 2.13 bits per heavy atom. The molecule has 0 aliphatic carbocycles. The van der Waals surface area contributed by atoms with Crippen molar-refractivity contribution in [3.05, 3.63) is 29.8 Å². The predicted molar refractivity (Wildman–Crippen MR) is 53.9 cm³/mol. The summed E-state index contributed by atoms with van der Waals surface area (Å²) < 4.78 is 12.8. The van der Waals surface area contributed by atoms with E-state index in [1.54, 1.807) is 4.90 Å². The summed E-state index contributed by atoms with van der Waals surface area (Å²) in [6.07, 6.45) is 0. The van der Waals surface area contributed by atoms with Crippen LogP contribution in [-0.4, -0.2) is 28.9 Å². The van der Waals surface area contributed by atoms with Crippen molar-refractivity contribution in [3.8, 4) is 0 Å². The molecule has 2 heterocycles. The molecule has 0 bridgehead atoms. The van der Waals surface area contributed by atoms with Crippen LogP contribution in [-0.2, 0) is 0 Å². The zero-order valence-corrected chi connectivity index (χ0v) is 8.83. The third-order valence-corrected chi connectivity index (χ3v) is 2.46. The minimum Gasteiger partial charge on any atom is -0.336 e. The fourth-order valence-electron chi connectivity index (χ4n) is 1.82. The molecular weight excluding hydrogens is 195 g/mol. The molecule has 0 spiro atoms. The van der Waals surface area contributed by atoms with Crippen LogP contribution in [0.2, 0.25) is 0 Å². The highest BCUT2D eigenvalue weighted by Gasteiger charge is 2.37. The number of carbonyl (C=O) groups is 1. The van der Waals surface area contributed by atoms with Crippen LogP contribution < -0.4 is 0 Å². The lowest BCUT2D eigenvalue weighted by atomic mass is 9.84. The lowest BCUT2D eigenvalue weighted by Gasteiger charge is -2.45. The molecule has 1 amide bonds. The largest absolute Gasteiger partial charge is 0.336 e. The fraction of sp³-hybridized carbons (Fsp3) is 0.455. The second kappa shape index (κ2) is 3.29. The Kier molecular flexibility index (Phi) is 2.21. The van der Waals surface area contributed by atoms with Gasteiger partial charge in [0.25, 0.3) is 5.91 Å². The first-order valence-electron chi connectivity index (χ1n) is 4.90. The van der Waals surface area contributed by atoms with E-state index >= 15 is 0 Å². The predicted octanol–water partition coefficient (Wildman–Crippen LogP) is 1.70. The van der Waals surface area contributed by atoms with Gasteiger partial charge >= 0.3 is 0 Å². The van der Waals surface area contributed by atoms with Crippen molar-refractivity contribution in [2.24, 2.45) is 5.41 Å². The van der Waals surface area contributed by atoms with Crippen LogP contribution in [0.1, 0.15) is 24.3 Å². The van der Waals surface area contributed by atoms with Crippen molar-refractivity contribution < 1.29 is 9.18 Å². The number of rotatable bonds is 1. The topological polar surface area (TPSA) is 33.2 Å². The summed E-state index contributed by atoms with van der Waals surface area (Å²) in [7, 11) is 0. The van der Waals surface area contributed by atoms with Crippen LogP contribution in [0.3, 0.4) is 0 Å². The Labute approximate surface area is 87.9 Å². The molecule has 3 nitrogen and oxygen atoms in total. The third-order valence-electron chi connectivity index (χ3n) is 2.46. The summed E-state index contributed by atoms with van der Waals surface area (Å²) >= 11 is 0. The number of pyridine rings is 1. The van der Waals surface area contributed by atoms with E-state index in [1.165, 1.54) is 18.2 Å². The van der Waals surface area contributed by atoms with Gasteiger partial charge in [0, 0.05) is 13.1 Å². The summed E-state index contributed by atoms with van der Waals surface area (Å²) in [4.78, 5) is 17.0. The highest BCUT2D eigenvalue weighted by atomic mass is 19.1. The van der Waals surface area contributed by atoms with Gasteiger partial charge in [0.1, 0.15) is 5.69 Å². The quantitative estimate of drug-likeness (QED) is 0.658. The Morgan fingerprint density at radius 3 is 2.67 bits per heavy atom. The summed E-state index contributed by atoms with van der Waals surface area (Å²) in [6, 6.07) is 4.27. The highest BCUT2D eigenvalue weighted by Crippen LogP contribution is 2.29. The molecule has 1 saturated heterocycles. The second-order valence-electron chi connectivity index (χ2n) is 4.67. The first-order valence-corrected chi connectivity index (χ1v) is 4.90. The molecule has 0 N–H and O–H groups in total. The number of aromatic nitrogens is 1. The molecule has 1 aromatic heterocycles. The standard InChI is InChI=1S/C11H13FN2O/c1-11(2)6-14(7-11)10(15)8-4-3-5-9(12)13-8/h3-5H,6-7H2,1-2H3. The summed E-state index contributed by atoms with van der Waals surface area (Å²) in [5.41, 5.74) is 0.369. The number of likely N-dealkylation sites (tertiary alicyclic amines) is 1. The molecule has 1 fully saturated rings. The maximum absolute atomic E-state index is 12.8. The zero-order chi connectivity index (χ0) is 11.1. The van der Waals surface area contributed by atoms with Gasteiger partial charge in [-0.3, -0.25) is 4.79 Å². The molecule has 0 unspecified atom stereocenters. The average Bonchev–Trinajstić information content (AvgIpc) is 2.13. The van der Waals surface area contributed by atoms with Crippen molar-refractivity contribution in [1.29, 1.82) is 0 Å². The monoisotopic (exact) mass is 208 g/mol. The van der Waals surface area contributed by atoms with Crippen molar-refractivity contribution in [1.82, 2.24) is 9.88 Å². The summed E-state index contributed by atoms with van der Waals surface area (Å²) in [6.45, 7) is 5.61. The minimum atomic E-state index is -0.611. The van der Waals surface area contributed by atoms with Gasteiger partial charge in [-0.05, 0) is 17.5 Å². The second-order valence-corrected chi connectivity index (χ2v) is 4.67. The Balaban J connectivity index is 2.10. The highest BCUT2D eigenvalue weighted by molar-refractivity contribution is 5.92. The van der Waals surface area contributed by atoms with E-state index in [9.17, 15) is 9.18 Å². The zero-order valence-electron chi connectivity index (χ0n) is 8.83. The minimum absolute atomic E-state index is 0.184. The molecule has 80 valence electrons. The molecule has 1 aliphatic rings. The van der Waals surface area contributed by atoms with Gasteiger partial charge in [-0.1, -0.05) is 19.9 Å². The third kappa shape index (κ3) is 1.98. The fourth-order valence-corrected chi connectivity index (χ4v) is 1.82. The number of amides is 1. The molecule has 0 saturated carbocycles. The van der Waals surface area contributed by atoms with E-state index in [0.717, 1.165) is 0 Å². The van der Waals surface area contributed by atoms with Crippen LogP contribution in [0.25, 0.3) is 0 Å². The molecule has 0 aromatic carbocycles. The van der Waals surface area contributed by atoms with Crippen LogP contribution in [0.15, 0.2) is 18.2 Å². The number of halogens is 1. The van der Waals surface area contributed by atoms with E-state index in [0.29, 0.717) is 13.1 Å². The Hall–Kier alpha value is -1.45. The molecule has 0 atom stereocenters. The first kappa shape index (κ1) is 10.1. The van der Waals surface area contributed by atoms with Gasteiger partial charge in [0.05, 0.1) is 0 Å². The van der Waals surface area contributed by atoms with Gasteiger partial charge < -0.3 is 4.90 Å². The molecule has 2 rings (SSSR count). The van der Waals surface area contributed by atoms with Crippen LogP contribution >= 0.6 is 0 Å². The van der Waals surface area contributed by atoms with Crippen LogP contribution in [0.5, 0.6) is 0 Å². The van der Waals surface area contributed by atoms with Gasteiger partial charge in [0.2, 0.25) is 5.95 Å². The Bertz CT molecular complexity index is 395. The average molecular weight is 208 g/mol. The summed E-state index contributed by atoms with van der Waals surface area (Å²) in [5.74, 6) is -0.797. The summed E-state index contributed by atoms with van der Waals surface area (Å²) in [5, 5.41) is 0. The van der Waals surface area contributed by atoms with E-state index in [4.69, 9.17) is 0 Å². The van der Waals surface area contributed by atoms with E-state index in [1.807, 2.05) is 0 Å². The molecule has 4 heteroatoms. The maximum Gasteiger partial charge on any atom is 0.272 e. The van der Waals surface area contributed by atoms with Crippen molar-refractivity contribution in [3.63, 3.8) is 0 Å². The first-order chi connectivity index (χ1) is 6.98. The maximum atomic E-state index is 12.8. The lowest BCUT2D eigenvalue weighted by molar-refractivity contribution is 0.0230. The molecular formula is C11H13FN2O. The number of hydrogen-bond donors (Lipinski definition) is 0. The van der Waals surface area contributed by atoms with Crippen molar-refractivity contribution >= 4 is 5.91 Å². The van der Waals surface area contributed by atoms with Gasteiger partial charge in [-0.15, -0.1) is 0 Å². The molecule has 1 aliphatic heterocycles. The van der Waals surface area contributed by atoms with Gasteiger partial charge in [-0.25, -0.2) is 4.98 Å². The van der Waals surface area contributed by atoms with E-state index < -0.39 is 5.95 Å². The van der Waals surface area contributed by atoms with Gasteiger partial charge in [-0.2, -0.15) is 4.39 Å². The lowest BCUT2D eigenvalue weighted by Crippen LogP contribution is -2.55. The molecule has 15 heavy (non-hydrogen) atoms. The number of carbonyl (C=O) groups excluding carboxylic acids is 1. The van der Waals surface area contributed by atoms with Crippen LogP contribution in [0, 0.1) is 11.4 Å². The van der Waals surface area contributed by atoms with Crippen LogP contribution in [0.4, 0.5) is 4.39 Å². The smallest absolute Gasteiger partial charge is 0.272 e. The van der Waals surface area contributed by atoms with Gasteiger partial charge in [0.15, 0.2) is 0 Å².